The van der Waals surface area contributed by atoms with Crippen molar-refractivity contribution in [3.63, 3.8) is 0 Å². The summed E-state index contributed by atoms with van der Waals surface area (Å²) in [5, 5.41) is 2.69. The number of rotatable bonds is 4. The summed E-state index contributed by atoms with van der Waals surface area (Å²) >= 11 is 0. The fourth-order valence-corrected chi connectivity index (χ4v) is 2.61. The summed E-state index contributed by atoms with van der Waals surface area (Å²) in [5.41, 5.74) is 6.47. The number of esters is 1. The van der Waals surface area contributed by atoms with Crippen LogP contribution in [0.3, 0.4) is 0 Å². The summed E-state index contributed by atoms with van der Waals surface area (Å²) in [6.45, 7) is 2.52. The number of amides is 1. The van der Waals surface area contributed by atoms with Crippen molar-refractivity contribution in [1.29, 1.82) is 0 Å². The van der Waals surface area contributed by atoms with Crippen LogP contribution in [0.1, 0.15) is 18.4 Å². The minimum absolute atomic E-state index is 0.0145. The molecule has 134 valence electrons. The van der Waals surface area contributed by atoms with Gasteiger partial charge in [0.25, 0.3) is 10.1 Å². The highest BCUT2D eigenvalue weighted by molar-refractivity contribution is 7.85. The number of hydrogen-bond donors (Lipinski definition) is 3. The number of benzene rings is 1. The van der Waals surface area contributed by atoms with Crippen molar-refractivity contribution in [3.8, 4) is 0 Å². The molecule has 0 bridgehead atoms. The first-order valence-electron chi connectivity index (χ1n) is 7.30. The van der Waals surface area contributed by atoms with E-state index < -0.39 is 22.1 Å². The Morgan fingerprint density at radius 3 is 2.42 bits per heavy atom. The normalized spacial score (nSPS) is 18.2. The number of aryl methyl sites for hydroxylation is 1. The molecule has 24 heavy (non-hydrogen) atoms. The number of ether oxygens (including phenoxy) is 1. The van der Waals surface area contributed by atoms with E-state index in [-0.39, 0.29) is 16.7 Å². The van der Waals surface area contributed by atoms with Crippen LogP contribution in [0.2, 0.25) is 0 Å². The highest BCUT2D eigenvalue weighted by Crippen LogP contribution is 2.15. The van der Waals surface area contributed by atoms with Gasteiger partial charge in [0.1, 0.15) is 6.04 Å². The van der Waals surface area contributed by atoms with Crippen molar-refractivity contribution < 1.29 is 27.3 Å². The Hall–Kier alpha value is -1.97. The fraction of sp³-hybridized carbons (Fsp3) is 0.467. The van der Waals surface area contributed by atoms with E-state index in [1.165, 1.54) is 19.2 Å². The third kappa shape index (κ3) is 6.26. The lowest BCUT2D eigenvalue weighted by molar-refractivity contribution is -0.142. The van der Waals surface area contributed by atoms with E-state index in [0.29, 0.717) is 13.0 Å². The molecule has 0 aromatic heterocycles. The molecule has 1 saturated heterocycles. The Kier molecular flexibility index (Phi) is 7.33. The van der Waals surface area contributed by atoms with Crippen molar-refractivity contribution in [2.45, 2.75) is 30.7 Å². The summed E-state index contributed by atoms with van der Waals surface area (Å²) < 4.78 is 34.0. The van der Waals surface area contributed by atoms with Crippen molar-refractivity contribution >= 4 is 22.0 Å². The summed E-state index contributed by atoms with van der Waals surface area (Å²) in [4.78, 5) is 22.0. The second-order valence-corrected chi connectivity index (χ2v) is 6.85. The van der Waals surface area contributed by atoms with Crippen LogP contribution in [-0.4, -0.2) is 44.5 Å². The highest BCUT2D eigenvalue weighted by Gasteiger charge is 2.28. The van der Waals surface area contributed by atoms with Gasteiger partial charge in [0.15, 0.2) is 0 Å². The first-order valence-corrected chi connectivity index (χ1v) is 8.74. The Morgan fingerprint density at radius 1 is 1.42 bits per heavy atom. The minimum Gasteiger partial charge on any atom is -0.468 e. The zero-order chi connectivity index (χ0) is 18.3. The zero-order valence-corrected chi connectivity index (χ0v) is 14.4. The first-order chi connectivity index (χ1) is 11.1. The summed E-state index contributed by atoms with van der Waals surface area (Å²) in [6.07, 6.45) is 1.13. The molecule has 1 aliphatic rings. The van der Waals surface area contributed by atoms with Crippen molar-refractivity contribution in [1.82, 2.24) is 5.32 Å². The van der Waals surface area contributed by atoms with Gasteiger partial charge in [0.05, 0.1) is 12.0 Å². The predicted molar refractivity (Wildman–Crippen MR) is 86.7 cm³/mol. The van der Waals surface area contributed by atoms with E-state index in [4.69, 9.17) is 10.3 Å². The SMILES string of the molecule is COC(=O)C(N)C[C@@H]1CCNC1=O.Cc1ccc(S(=O)(=O)O)cc1. The third-order valence-electron chi connectivity index (χ3n) is 3.52. The van der Waals surface area contributed by atoms with Gasteiger partial charge in [-0.05, 0) is 31.9 Å². The standard InChI is InChI=1S/C8H14N2O3.C7H8O3S/c1-13-8(12)6(9)4-5-2-3-10-7(5)11;1-6-2-4-7(5-3-6)11(8,9)10/h5-6H,2-4,9H2,1H3,(H,10,11);2-5H,1H3,(H,8,9,10)/t5-,6?;/m0./s1. The van der Waals surface area contributed by atoms with E-state index in [9.17, 15) is 18.0 Å². The smallest absolute Gasteiger partial charge is 0.322 e. The molecule has 1 aliphatic heterocycles. The van der Waals surface area contributed by atoms with Gasteiger partial charge in [0.2, 0.25) is 5.91 Å². The monoisotopic (exact) mass is 358 g/mol. The van der Waals surface area contributed by atoms with Crippen molar-refractivity contribution in [2.24, 2.45) is 11.7 Å². The van der Waals surface area contributed by atoms with E-state index in [1.807, 2.05) is 6.92 Å². The molecule has 2 rings (SSSR count). The quantitative estimate of drug-likeness (QED) is 0.518. The van der Waals surface area contributed by atoms with Crippen molar-refractivity contribution in [3.05, 3.63) is 29.8 Å². The zero-order valence-electron chi connectivity index (χ0n) is 13.6. The van der Waals surface area contributed by atoms with Gasteiger partial charge in [-0.25, -0.2) is 0 Å². The first kappa shape index (κ1) is 20.1. The molecule has 1 fully saturated rings. The van der Waals surface area contributed by atoms with Crippen LogP contribution in [0.4, 0.5) is 0 Å². The topological polar surface area (TPSA) is 136 Å². The lowest BCUT2D eigenvalue weighted by atomic mass is 9.99. The maximum absolute atomic E-state index is 11.1. The summed E-state index contributed by atoms with van der Waals surface area (Å²) in [7, 11) is -2.73. The van der Waals surface area contributed by atoms with Crippen LogP contribution in [-0.2, 0) is 24.4 Å². The van der Waals surface area contributed by atoms with Crippen LogP contribution >= 0.6 is 0 Å². The molecule has 1 aromatic carbocycles. The molecular formula is C15H22N2O6S. The van der Waals surface area contributed by atoms with Gasteiger partial charge >= 0.3 is 5.97 Å². The molecule has 0 saturated carbocycles. The lowest BCUT2D eigenvalue weighted by Crippen LogP contribution is -2.35. The van der Waals surface area contributed by atoms with Crippen molar-refractivity contribution in [2.75, 3.05) is 13.7 Å². The number of nitrogens with one attached hydrogen (secondary N) is 1. The Labute approximate surface area is 141 Å². The molecule has 0 radical (unpaired) electrons. The lowest BCUT2D eigenvalue weighted by Gasteiger charge is -2.11. The molecule has 4 N–H and O–H groups in total. The van der Waals surface area contributed by atoms with E-state index >= 15 is 0 Å². The molecule has 1 amide bonds. The minimum atomic E-state index is -4.02. The number of nitrogens with two attached hydrogens (primary N) is 1. The Morgan fingerprint density at radius 2 is 2.00 bits per heavy atom. The molecule has 1 unspecified atom stereocenters. The molecule has 0 aliphatic carbocycles. The Bertz CT molecular complexity index is 672. The molecule has 8 nitrogen and oxygen atoms in total. The fourth-order valence-electron chi connectivity index (χ4n) is 2.13. The van der Waals surface area contributed by atoms with Gasteiger partial charge in [0, 0.05) is 12.5 Å². The van der Waals surface area contributed by atoms with Gasteiger partial charge in [-0.2, -0.15) is 8.42 Å². The molecule has 1 heterocycles. The molecule has 1 aromatic rings. The van der Waals surface area contributed by atoms with E-state index in [1.54, 1.807) is 12.1 Å². The summed E-state index contributed by atoms with van der Waals surface area (Å²) in [5.74, 6) is -0.604. The van der Waals surface area contributed by atoms with Gasteiger partial charge in [-0.15, -0.1) is 0 Å². The molecule has 9 heteroatoms. The molecule has 2 atom stereocenters. The number of methoxy groups -OCH3 is 1. The third-order valence-corrected chi connectivity index (χ3v) is 4.39. The summed E-state index contributed by atoms with van der Waals surface area (Å²) in [6, 6.07) is 5.31. The van der Waals surface area contributed by atoms with E-state index in [0.717, 1.165) is 12.0 Å². The van der Waals surface area contributed by atoms with Crippen LogP contribution in [0, 0.1) is 12.8 Å². The number of carbonyl (C=O) groups is 2. The van der Waals surface area contributed by atoms with Crippen LogP contribution in [0.5, 0.6) is 0 Å². The average molecular weight is 358 g/mol. The predicted octanol–water partition coefficient (Wildman–Crippen LogP) is 0.255. The van der Waals surface area contributed by atoms with Gasteiger partial charge in [-0.1, -0.05) is 17.7 Å². The van der Waals surface area contributed by atoms with Crippen LogP contribution < -0.4 is 11.1 Å². The molecular weight excluding hydrogens is 336 g/mol. The molecule has 0 spiro atoms. The van der Waals surface area contributed by atoms with Gasteiger partial charge in [-0.3, -0.25) is 14.1 Å². The average Bonchev–Trinajstić information content (AvgIpc) is 2.91. The second-order valence-electron chi connectivity index (χ2n) is 5.43. The second kappa shape index (κ2) is 8.76. The maximum Gasteiger partial charge on any atom is 0.322 e. The van der Waals surface area contributed by atoms with Crippen LogP contribution in [0.25, 0.3) is 0 Å². The largest absolute Gasteiger partial charge is 0.468 e. The highest BCUT2D eigenvalue weighted by atomic mass is 32.2. The maximum atomic E-state index is 11.1. The van der Waals surface area contributed by atoms with Gasteiger partial charge < -0.3 is 15.8 Å². The van der Waals surface area contributed by atoms with E-state index in [2.05, 4.69) is 10.1 Å². The van der Waals surface area contributed by atoms with Crippen LogP contribution in [0.15, 0.2) is 29.2 Å². The Balaban J connectivity index is 0.000000243. The number of hydrogen-bond acceptors (Lipinski definition) is 6. The number of carbonyl (C=O) groups excluding carboxylic acids is 2.